The minimum atomic E-state index is -1.56. The number of hydrogen-bond acceptors (Lipinski definition) is 8. The highest BCUT2D eigenvalue weighted by molar-refractivity contribution is 5.76. The van der Waals surface area contributed by atoms with E-state index in [2.05, 4.69) is 19.2 Å². The first-order chi connectivity index (χ1) is 31.3. The third-order valence-electron chi connectivity index (χ3n) is 13.6. The van der Waals surface area contributed by atoms with E-state index in [1.165, 1.54) is 218 Å². The molecule has 1 heterocycles. The lowest BCUT2D eigenvalue weighted by Crippen LogP contribution is -2.60. The Balaban J connectivity index is 2.20. The van der Waals surface area contributed by atoms with Crippen molar-refractivity contribution in [3.8, 4) is 0 Å². The predicted molar refractivity (Wildman–Crippen MR) is 267 cm³/mol. The number of aliphatic hydroxyl groups is 5. The molecule has 64 heavy (non-hydrogen) atoms. The maximum absolute atomic E-state index is 13.0. The molecule has 0 spiro atoms. The summed E-state index contributed by atoms with van der Waals surface area (Å²) in [6, 6.07) is -0.799. The van der Waals surface area contributed by atoms with E-state index < -0.39 is 49.5 Å². The third-order valence-corrected chi connectivity index (χ3v) is 13.6. The lowest BCUT2D eigenvalue weighted by molar-refractivity contribution is -0.302. The zero-order valence-corrected chi connectivity index (χ0v) is 42.1. The Bertz CT molecular complexity index is 1010. The quantitative estimate of drug-likeness (QED) is 0.0261. The maximum atomic E-state index is 13.0. The van der Waals surface area contributed by atoms with Crippen LogP contribution in [0.2, 0.25) is 0 Å². The van der Waals surface area contributed by atoms with Crippen molar-refractivity contribution in [3.05, 3.63) is 12.2 Å². The first kappa shape index (κ1) is 60.9. The normalized spacial score (nSPS) is 20.0. The average Bonchev–Trinajstić information content (AvgIpc) is 3.29. The topological polar surface area (TPSA) is 149 Å². The number of hydrogen-bond donors (Lipinski definition) is 6. The van der Waals surface area contributed by atoms with Gasteiger partial charge in [-0.25, -0.2) is 0 Å². The molecule has 1 aliphatic rings. The Morgan fingerprint density at radius 2 is 0.859 bits per heavy atom. The Hall–Kier alpha value is -1.07. The third kappa shape index (κ3) is 35.1. The molecule has 0 aromatic rings. The minimum Gasteiger partial charge on any atom is -0.394 e. The number of nitrogens with one attached hydrogen (secondary N) is 1. The SMILES string of the molecule is CCCCCCCCCCCCCCCC/C=C/[C@@H](O)[C@H](CO[C@@H]1O[C@H](CO)[C@H](O)C(O)C1O)NC(=O)CCCCCCCCCCCCCCCCCCCCCCCCCCC. The van der Waals surface area contributed by atoms with Crippen LogP contribution in [0.25, 0.3) is 0 Å². The fraction of sp³-hybridized carbons (Fsp3) is 0.945. The van der Waals surface area contributed by atoms with E-state index >= 15 is 0 Å². The van der Waals surface area contributed by atoms with Gasteiger partial charge in [-0.3, -0.25) is 4.79 Å². The maximum Gasteiger partial charge on any atom is 0.220 e. The molecule has 1 aliphatic heterocycles. The molecule has 7 atom stereocenters. The minimum absolute atomic E-state index is 0.170. The van der Waals surface area contributed by atoms with Gasteiger partial charge in [0.15, 0.2) is 6.29 Å². The molecule has 9 heteroatoms. The molecule has 9 nitrogen and oxygen atoms in total. The number of carbonyl (C=O) groups is 1. The molecule has 0 bridgehead atoms. The zero-order chi connectivity index (χ0) is 46.6. The summed E-state index contributed by atoms with van der Waals surface area (Å²) in [5, 5.41) is 54.4. The highest BCUT2D eigenvalue weighted by Gasteiger charge is 2.44. The van der Waals surface area contributed by atoms with Crippen LogP contribution in [0.5, 0.6) is 0 Å². The number of rotatable bonds is 48. The molecule has 0 saturated carbocycles. The van der Waals surface area contributed by atoms with E-state index in [-0.39, 0.29) is 12.5 Å². The second-order valence-corrected chi connectivity index (χ2v) is 19.7. The summed E-state index contributed by atoms with van der Waals surface area (Å²) in [7, 11) is 0. The van der Waals surface area contributed by atoms with Gasteiger partial charge in [0.2, 0.25) is 5.91 Å². The van der Waals surface area contributed by atoms with Gasteiger partial charge in [-0.2, -0.15) is 0 Å². The van der Waals surface area contributed by atoms with Gasteiger partial charge in [-0.05, 0) is 19.3 Å². The molecule has 1 amide bonds. The summed E-state index contributed by atoms with van der Waals surface area (Å²) >= 11 is 0. The van der Waals surface area contributed by atoms with Crippen LogP contribution >= 0.6 is 0 Å². The highest BCUT2D eigenvalue weighted by atomic mass is 16.7. The van der Waals surface area contributed by atoms with Crippen LogP contribution in [0.4, 0.5) is 0 Å². The second-order valence-electron chi connectivity index (χ2n) is 19.7. The van der Waals surface area contributed by atoms with Gasteiger partial charge in [-0.1, -0.05) is 264 Å². The van der Waals surface area contributed by atoms with Crippen LogP contribution in [0, 0.1) is 0 Å². The van der Waals surface area contributed by atoms with Gasteiger partial charge in [0, 0.05) is 6.42 Å². The van der Waals surface area contributed by atoms with E-state index in [9.17, 15) is 30.3 Å². The Kier molecular flexibility index (Phi) is 43.5. The number of amides is 1. The molecular formula is C55H107NO8. The molecule has 0 aliphatic carbocycles. The van der Waals surface area contributed by atoms with Gasteiger partial charge >= 0.3 is 0 Å². The van der Waals surface area contributed by atoms with Crippen LogP contribution in [0.15, 0.2) is 12.2 Å². The van der Waals surface area contributed by atoms with E-state index in [0.717, 1.165) is 38.5 Å². The Labute approximate surface area is 395 Å². The van der Waals surface area contributed by atoms with E-state index in [4.69, 9.17) is 9.47 Å². The van der Waals surface area contributed by atoms with Gasteiger partial charge < -0.3 is 40.3 Å². The number of aliphatic hydroxyl groups excluding tert-OH is 5. The molecule has 380 valence electrons. The molecule has 0 radical (unpaired) electrons. The Morgan fingerprint density at radius 3 is 1.22 bits per heavy atom. The van der Waals surface area contributed by atoms with Gasteiger partial charge in [0.05, 0.1) is 25.4 Å². The van der Waals surface area contributed by atoms with Gasteiger partial charge in [-0.15, -0.1) is 0 Å². The first-order valence-electron chi connectivity index (χ1n) is 27.9. The van der Waals surface area contributed by atoms with E-state index in [0.29, 0.717) is 6.42 Å². The number of allylic oxidation sites excluding steroid dienone is 1. The van der Waals surface area contributed by atoms with Crippen molar-refractivity contribution < 1.29 is 39.8 Å². The fourth-order valence-corrected chi connectivity index (χ4v) is 9.16. The number of ether oxygens (including phenoxy) is 2. The Morgan fingerprint density at radius 1 is 0.516 bits per heavy atom. The van der Waals surface area contributed by atoms with Crippen LogP contribution in [0.1, 0.15) is 277 Å². The molecule has 0 aromatic heterocycles. The molecule has 1 saturated heterocycles. The van der Waals surface area contributed by atoms with Crippen molar-refractivity contribution in [2.45, 2.75) is 320 Å². The molecule has 1 rings (SSSR count). The fourth-order valence-electron chi connectivity index (χ4n) is 9.16. The van der Waals surface area contributed by atoms with E-state index in [1.807, 2.05) is 6.08 Å². The van der Waals surface area contributed by atoms with Gasteiger partial charge in [0.25, 0.3) is 0 Å². The summed E-state index contributed by atoms with van der Waals surface area (Å²) in [4.78, 5) is 13.0. The van der Waals surface area contributed by atoms with Crippen molar-refractivity contribution in [3.63, 3.8) is 0 Å². The van der Waals surface area contributed by atoms with Crippen molar-refractivity contribution in [1.82, 2.24) is 5.32 Å². The van der Waals surface area contributed by atoms with Crippen molar-refractivity contribution in [2.75, 3.05) is 13.2 Å². The summed E-state index contributed by atoms with van der Waals surface area (Å²) in [6.07, 6.45) is 48.4. The van der Waals surface area contributed by atoms with Crippen molar-refractivity contribution in [2.24, 2.45) is 0 Å². The van der Waals surface area contributed by atoms with Crippen molar-refractivity contribution in [1.29, 1.82) is 0 Å². The standard InChI is InChI=1S/C55H107NO8/c1-3-5-7-9-11-13-15-17-19-21-22-23-24-25-26-27-28-29-31-33-35-37-39-41-43-45-51(59)56-48(47-63-55-54(62)53(61)52(60)50(46-57)64-55)49(58)44-42-40-38-36-34-32-30-20-18-16-14-12-10-8-6-4-2/h42,44,48-50,52-55,57-58,60-62H,3-41,43,45-47H2,1-2H3,(H,56,59)/b44-42+/t48-,49+,50+,52-,53?,54?,55+/m0/s1. The molecule has 0 aromatic carbocycles. The molecular weight excluding hydrogens is 803 g/mol. The lowest BCUT2D eigenvalue weighted by atomic mass is 9.99. The first-order valence-corrected chi connectivity index (χ1v) is 27.9. The summed E-state index contributed by atoms with van der Waals surface area (Å²) in [6.45, 7) is 3.81. The largest absolute Gasteiger partial charge is 0.394 e. The van der Waals surface area contributed by atoms with Gasteiger partial charge in [0.1, 0.15) is 24.4 Å². The van der Waals surface area contributed by atoms with Crippen LogP contribution in [-0.2, 0) is 14.3 Å². The molecule has 2 unspecified atom stereocenters. The highest BCUT2D eigenvalue weighted by Crippen LogP contribution is 2.23. The number of carbonyl (C=O) groups excluding carboxylic acids is 1. The summed E-state index contributed by atoms with van der Waals surface area (Å²) in [5.74, 6) is -0.170. The summed E-state index contributed by atoms with van der Waals surface area (Å²) in [5.41, 5.74) is 0. The predicted octanol–water partition coefficient (Wildman–Crippen LogP) is 13.2. The van der Waals surface area contributed by atoms with Crippen LogP contribution < -0.4 is 5.32 Å². The zero-order valence-electron chi connectivity index (χ0n) is 42.1. The second kappa shape index (κ2) is 45.7. The monoisotopic (exact) mass is 910 g/mol. The van der Waals surface area contributed by atoms with E-state index in [1.54, 1.807) is 6.08 Å². The van der Waals surface area contributed by atoms with Crippen LogP contribution in [0.3, 0.4) is 0 Å². The van der Waals surface area contributed by atoms with Crippen LogP contribution in [-0.4, -0.2) is 87.5 Å². The number of unbranched alkanes of at least 4 members (excludes halogenated alkanes) is 38. The average molecular weight is 910 g/mol. The smallest absolute Gasteiger partial charge is 0.220 e. The van der Waals surface area contributed by atoms with Crippen molar-refractivity contribution >= 4 is 5.91 Å². The summed E-state index contributed by atoms with van der Waals surface area (Å²) < 4.78 is 11.3. The lowest BCUT2D eigenvalue weighted by Gasteiger charge is -2.40. The molecule has 1 fully saturated rings. The molecule has 6 N–H and O–H groups in total.